The van der Waals surface area contributed by atoms with Crippen LogP contribution in [0.15, 0.2) is 29.4 Å². The predicted molar refractivity (Wildman–Crippen MR) is 130 cm³/mol. The number of carbonyl (C=O) groups excluding carboxylic acids is 1. The van der Waals surface area contributed by atoms with Crippen LogP contribution in [0.2, 0.25) is 0 Å². The summed E-state index contributed by atoms with van der Waals surface area (Å²) in [6, 6.07) is 5.81. The molecule has 0 saturated heterocycles. The van der Waals surface area contributed by atoms with E-state index < -0.39 is 0 Å². The molecule has 0 radical (unpaired) electrons. The number of likely N-dealkylation sites (N-methyl/N-ethyl adjacent to an activating group) is 1. The van der Waals surface area contributed by atoms with E-state index in [1.165, 1.54) is 0 Å². The van der Waals surface area contributed by atoms with Gasteiger partial charge in [-0.05, 0) is 38.3 Å². The van der Waals surface area contributed by atoms with Crippen molar-refractivity contribution >= 4 is 35.8 Å². The van der Waals surface area contributed by atoms with Gasteiger partial charge in [0.2, 0.25) is 5.91 Å². The summed E-state index contributed by atoms with van der Waals surface area (Å²) in [5, 5.41) is 6.48. The minimum atomic E-state index is -0.0116. The summed E-state index contributed by atoms with van der Waals surface area (Å²) in [5.41, 5.74) is 0.981. The Balaban J connectivity index is 0.00000784. The Morgan fingerprint density at radius 2 is 2.03 bits per heavy atom. The average molecular weight is 519 g/mol. The van der Waals surface area contributed by atoms with Gasteiger partial charge in [-0.2, -0.15) is 0 Å². The maximum absolute atomic E-state index is 12.4. The molecule has 1 unspecified atom stereocenters. The normalized spacial score (nSPS) is 12.3. The van der Waals surface area contributed by atoms with Crippen molar-refractivity contribution in [1.29, 1.82) is 0 Å². The van der Waals surface area contributed by atoms with Crippen LogP contribution in [0.5, 0.6) is 0 Å². The van der Waals surface area contributed by atoms with Gasteiger partial charge in [0.25, 0.3) is 0 Å². The summed E-state index contributed by atoms with van der Waals surface area (Å²) < 4.78 is 5.77. The molecule has 7 nitrogen and oxygen atoms in total. The lowest BCUT2D eigenvalue weighted by Crippen LogP contribution is -2.40. The van der Waals surface area contributed by atoms with E-state index in [0.717, 1.165) is 38.2 Å². The third kappa shape index (κ3) is 12.0. The second-order valence-corrected chi connectivity index (χ2v) is 7.03. The van der Waals surface area contributed by atoms with Crippen molar-refractivity contribution in [1.82, 2.24) is 20.5 Å². The number of ether oxygens (including phenoxy) is 1. The Hall–Kier alpha value is -1.42. The minimum Gasteiger partial charge on any atom is -0.378 e. The monoisotopic (exact) mass is 519 g/mol. The average Bonchev–Trinajstić information content (AvgIpc) is 2.69. The number of amides is 1. The molecule has 0 fully saturated rings. The predicted octanol–water partition coefficient (Wildman–Crippen LogP) is 2.71. The van der Waals surface area contributed by atoms with Crippen molar-refractivity contribution in [3.8, 4) is 0 Å². The summed E-state index contributed by atoms with van der Waals surface area (Å²) in [4.78, 5) is 22.8. The van der Waals surface area contributed by atoms with Gasteiger partial charge in [0.1, 0.15) is 6.54 Å². The molecule has 29 heavy (non-hydrogen) atoms. The molecule has 0 saturated carbocycles. The van der Waals surface area contributed by atoms with E-state index >= 15 is 0 Å². The molecule has 166 valence electrons. The molecule has 1 aromatic heterocycles. The highest BCUT2D eigenvalue weighted by atomic mass is 127. The molecule has 2 N–H and O–H groups in total. The van der Waals surface area contributed by atoms with Crippen molar-refractivity contribution in [2.45, 2.75) is 46.6 Å². The highest BCUT2D eigenvalue weighted by Crippen LogP contribution is 2.09. The lowest BCUT2D eigenvalue weighted by Gasteiger charge is -2.21. The van der Waals surface area contributed by atoms with Crippen molar-refractivity contribution < 1.29 is 9.53 Å². The van der Waals surface area contributed by atoms with Crippen LogP contribution in [0, 0.1) is 5.92 Å². The molecule has 1 atom stereocenters. The van der Waals surface area contributed by atoms with Crippen molar-refractivity contribution in [3.05, 3.63) is 30.1 Å². The van der Waals surface area contributed by atoms with E-state index in [2.05, 4.69) is 34.5 Å². The van der Waals surface area contributed by atoms with Gasteiger partial charge in [0, 0.05) is 51.6 Å². The Kier molecular flexibility index (Phi) is 15.6. The smallest absolute Gasteiger partial charge is 0.244 e. The molecule has 0 bridgehead atoms. The van der Waals surface area contributed by atoms with Gasteiger partial charge in [-0.25, -0.2) is 4.99 Å². The molecule has 0 aromatic carbocycles. The van der Waals surface area contributed by atoms with E-state index in [1.807, 2.05) is 32.0 Å². The number of rotatable bonds is 12. The zero-order chi connectivity index (χ0) is 20.8. The van der Waals surface area contributed by atoms with E-state index in [9.17, 15) is 4.79 Å². The number of carbonyl (C=O) groups is 1. The summed E-state index contributed by atoms with van der Waals surface area (Å²) in [5.74, 6) is 1.12. The lowest BCUT2D eigenvalue weighted by molar-refractivity contribution is -0.128. The van der Waals surface area contributed by atoms with Crippen LogP contribution in [0.4, 0.5) is 0 Å². The Labute approximate surface area is 193 Å². The zero-order valence-electron chi connectivity index (χ0n) is 18.5. The van der Waals surface area contributed by atoms with Gasteiger partial charge in [0.05, 0.1) is 6.10 Å². The zero-order valence-corrected chi connectivity index (χ0v) is 20.8. The molecule has 0 aliphatic carbocycles. The fourth-order valence-electron chi connectivity index (χ4n) is 2.72. The maximum Gasteiger partial charge on any atom is 0.244 e. The molecular formula is C21H38IN5O2. The maximum atomic E-state index is 12.4. The second kappa shape index (κ2) is 16.4. The number of aliphatic imine (C=N–C) groups is 1. The number of aromatic nitrogens is 1. The topological polar surface area (TPSA) is 78.9 Å². The first-order valence-corrected chi connectivity index (χ1v) is 10.3. The quantitative estimate of drug-likeness (QED) is 0.252. The molecule has 1 amide bonds. The summed E-state index contributed by atoms with van der Waals surface area (Å²) in [7, 11) is 1.80. The molecule has 1 aromatic rings. The van der Waals surface area contributed by atoms with Crippen LogP contribution in [0.25, 0.3) is 0 Å². The molecule has 0 aliphatic heterocycles. The van der Waals surface area contributed by atoms with Gasteiger partial charge in [-0.3, -0.25) is 9.78 Å². The fraction of sp³-hybridized carbons (Fsp3) is 0.667. The van der Waals surface area contributed by atoms with Gasteiger partial charge in [-0.1, -0.05) is 19.9 Å². The van der Waals surface area contributed by atoms with Gasteiger partial charge in [0.15, 0.2) is 5.96 Å². The lowest BCUT2D eigenvalue weighted by atomic mass is 10.0. The number of hydrogen-bond donors (Lipinski definition) is 2. The molecular weight excluding hydrogens is 481 g/mol. The van der Waals surface area contributed by atoms with Crippen molar-refractivity contribution in [2.75, 3.05) is 39.8 Å². The van der Waals surface area contributed by atoms with E-state index in [4.69, 9.17) is 4.74 Å². The number of halogens is 1. The van der Waals surface area contributed by atoms with Crippen molar-refractivity contribution in [3.63, 3.8) is 0 Å². The largest absolute Gasteiger partial charge is 0.378 e. The minimum absolute atomic E-state index is 0. The SMILES string of the molecule is CCNC(=NCC(=O)N(C)CCc1ccccn1)NCCC(OCC)C(C)C.I. The molecule has 1 heterocycles. The van der Waals surface area contributed by atoms with Crippen LogP contribution < -0.4 is 10.6 Å². The van der Waals surface area contributed by atoms with Crippen LogP contribution in [0.1, 0.15) is 39.8 Å². The molecule has 0 aliphatic rings. The highest BCUT2D eigenvalue weighted by molar-refractivity contribution is 14.0. The van der Waals surface area contributed by atoms with E-state index in [-0.39, 0.29) is 42.5 Å². The van der Waals surface area contributed by atoms with Crippen LogP contribution >= 0.6 is 24.0 Å². The van der Waals surface area contributed by atoms with E-state index in [0.29, 0.717) is 18.4 Å². The van der Waals surface area contributed by atoms with Crippen molar-refractivity contribution in [2.24, 2.45) is 10.9 Å². The third-order valence-corrected chi connectivity index (χ3v) is 4.42. The first-order valence-electron chi connectivity index (χ1n) is 10.3. The Bertz CT molecular complexity index is 584. The summed E-state index contributed by atoms with van der Waals surface area (Å²) in [6.45, 7) is 11.3. The number of nitrogens with zero attached hydrogens (tertiary/aromatic N) is 3. The highest BCUT2D eigenvalue weighted by Gasteiger charge is 2.13. The second-order valence-electron chi connectivity index (χ2n) is 7.03. The van der Waals surface area contributed by atoms with Crippen LogP contribution in [0.3, 0.4) is 0 Å². The number of guanidine groups is 1. The molecule has 1 rings (SSSR count). The van der Waals surface area contributed by atoms with E-state index in [1.54, 1.807) is 18.1 Å². The summed E-state index contributed by atoms with van der Waals surface area (Å²) in [6.07, 6.45) is 3.62. The molecule has 8 heteroatoms. The fourth-order valence-corrected chi connectivity index (χ4v) is 2.72. The van der Waals surface area contributed by atoms with Gasteiger partial charge >= 0.3 is 0 Å². The standard InChI is InChI=1S/C21H37N5O2.HI/c1-6-22-21(24-14-11-19(17(3)4)28-7-2)25-16-20(27)26(5)15-12-18-10-8-9-13-23-18;/h8-10,13,17,19H,6-7,11-12,14-16H2,1-5H3,(H2,22,24,25);1H. The Morgan fingerprint density at radius 3 is 2.62 bits per heavy atom. The third-order valence-electron chi connectivity index (χ3n) is 4.42. The number of hydrogen-bond acceptors (Lipinski definition) is 4. The van der Waals surface area contributed by atoms with Gasteiger partial charge in [-0.15, -0.1) is 24.0 Å². The number of nitrogens with one attached hydrogen (secondary N) is 2. The van der Waals surface area contributed by atoms with Crippen LogP contribution in [-0.2, 0) is 16.0 Å². The number of pyridine rings is 1. The molecule has 0 spiro atoms. The first-order chi connectivity index (χ1) is 13.5. The Morgan fingerprint density at radius 1 is 1.28 bits per heavy atom. The summed E-state index contributed by atoms with van der Waals surface area (Å²) >= 11 is 0. The van der Waals surface area contributed by atoms with Gasteiger partial charge < -0.3 is 20.3 Å². The first kappa shape index (κ1) is 27.6. The van der Waals surface area contributed by atoms with Crippen LogP contribution in [-0.4, -0.2) is 67.7 Å².